The van der Waals surface area contributed by atoms with Crippen LogP contribution in [0.3, 0.4) is 0 Å². The molecule has 148 valence electrons. The highest BCUT2D eigenvalue weighted by atomic mass is 32.2. The van der Waals surface area contributed by atoms with Gasteiger partial charge in [-0.05, 0) is 51.0 Å². The van der Waals surface area contributed by atoms with Crippen LogP contribution in [0, 0.1) is 5.92 Å². The van der Waals surface area contributed by atoms with E-state index in [-0.39, 0.29) is 17.4 Å². The van der Waals surface area contributed by atoms with Crippen LogP contribution in [0.5, 0.6) is 0 Å². The molecule has 0 radical (unpaired) electrons. The molecule has 0 aromatic heterocycles. The van der Waals surface area contributed by atoms with E-state index >= 15 is 0 Å². The van der Waals surface area contributed by atoms with Crippen LogP contribution < -0.4 is 14.9 Å². The summed E-state index contributed by atoms with van der Waals surface area (Å²) in [5, 5.41) is 2.68. The standard InChI is InChI=1S/C18H31N3O4S/c1-7-14(12-19-17(22)25-18(2,3)4)13-20-26(23,24)16-10-8-15(9-11-16)21(5)6/h8-11,14,20H,7,12-13H2,1-6H3,(H,19,22). The Morgan fingerprint density at radius 2 is 1.73 bits per heavy atom. The van der Waals surface area contributed by atoms with Crippen LogP contribution in [0.2, 0.25) is 0 Å². The Labute approximate surface area is 157 Å². The second kappa shape index (κ2) is 9.23. The van der Waals surface area contributed by atoms with Crippen molar-refractivity contribution in [1.82, 2.24) is 10.0 Å². The quantitative estimate of drug-likeness (QED) is 0.718. The lowest BCUT2D eigenvalue weighted by atomic mass is 10.1. The van der Waals surface area contributed by atoms with Crippen molar-refractivity contribution in [3.8, 4) is 0 Å². The number of rotatable bonds is 8. The number of alkyl carbamates (subject to hydrolysis) is 1. The number of nitrogens with one attached hydrogen (secondary N) is 2. The summed E-state index contributed by atoms with van der Waals surface area (Å²) in [7, 11) is 0.200. The number of anilines is 1. The van der Waals surface area contributed by atoms with Crippen molar-refractivity contribution in [2.75, 3.05) is 32.1 Å². The Hall–Kier alpha value is -1.80. The molecule has 0 spiro atoms. The lowest BCUT2D eigenvalue weighted by Crippen LogP contribution is -2.38. The van der Waals surface area contributed by atoms with Crippen molar-refractivity contribution in [2.45, 2.75) is 44.6 Å². The maximum atomic E-state index is 12.4. The molecule has 0 aliphatic heterocycles. The van der Waals surface area contributed by atoms with Gasteiger partial charge < -0.3 is 15.0 Å². The monoisotopic (exact) mass is 385 g/mol. The highest BCUT2D eigenvalue weighted by molar-refractivity contribution is 7.89. The zero-order chi connectivity index (χ0) is 20.0. The van der Waals surface area contributed by atoms with Crippen LogP contribution in [-0.2, 0) is 14.8 Å². The zero-order valence-corrected chi connectivity index (χ0v) is 17.3. The summed E-state index contributed by atoms with van der Waals surface area (Å²) < 4.78 is 32.6. The Morgan fingerprint density at radius 1 is 1.15 bits per heavy atom. The number of hydrogen-bond donors (Lipinski definition) is 2. The van der Waals surface area contributed by atoms with E-state index in [4.69, 9.17) is 4.74 Å². The molecule has 1 aromatic carbocycles. The van der Waals surface area contributed by atoms with E-state index < -0.39 is 21.7 Å². The lowest BCUT2D eigenvalue weighted by Gasteiger charge is -2.21. The fourth-order valence-electron chi connectivity index (χ4n) is 2.14. The van der Waals surface area contributed by atoms with E-state index in [1.807, 2.05) is 25.9 Å². The summed E-state index contributed by atoms with van der Waals surface area (Å²) >= 11 is 0. The molecular formula is C18H31N3O4S. The van der Waals surface area contributed by atoms with Crippen molar-refractivity contribution in [2.24, 2.45) is 5.92 Å². The zero-order valence-electron chi connectivity index (χ0n) is 16.5. The first kappa shape index (κ1) is 22.2. The Morgan fingerprint density at radius 3 is 2.19 bits per heavy atom. The van der Waals surface area contributed by atoms with E-state index in [2.05, 4.69) is 10.0 Å². The number of carbonyl (C=O) groups excluding carboxylic acids is 1. The van der Waals surface area contributed by atoms with Gasteiger partial charge in [0, 0.05) is 32.9 Å². The van der Waals surface area contributed by atoms with E-state index in [1.54, 1.807) is 45.0 Å². The smallest absolute Gasteiger partial charge is 0.407 e. The average molecular weight is 386 g/mol. The van der Waals surface area contributed by atoms with E-state index in [0.29, 0.717) is 6.54 Å². The van der Waals surface area contributed by atoms with Crippen molar-refractivity contribution < 1.29 is 17.9 Å². The third kappa shape index (κ3) is 7.61. The number of nitrogens with zero attached hydrogens (tertiary/aromatic N) is 1. The lowest BCUT2D eigenvalue weighted by molar-refractivity contribution is 0.0519. The van der Waals surface area contributed by atoms with Gasteiger partial charge in [0.25, 0.3) is 0 Å². The number of carbonyl (C=O) groups is 1. The van der Waals surface area contributed by atoms with Crippen molar-refractivity contribution in [1.29, 1.82) is 0 Å². The predicted molar refractivity (Wildman–Crippen MR) is 104 cm³/mol. The first-order valence-electron chi connectivity index (χ1n) is 8.68. The number of hydrogen-bond acceptors (Lipinski definition) is 5. The topological polar surface area (TPSA) is 87.7 Å². The van der Waals surface area contributed by atoms with Gasteiger partial charge in [-0.15, -0.1) is 0 Å². The molecule has 0 aliphatic rings. The SMILES string of the molecule is CCC(CNC(=O)OC(C)(C)C)CNS(=O)(=O)c1ccc(N(C)C)cc1. The fraction of sp³-hybridized carbons (Fsp3) is 0.611. The molecule has 7 nitrogen and oxygen atoms in total. The molecule has 1 unspecified atom stereocenters. The molecule has 1 aromatic rings. The van der Waals surface area contributed by atoms with Crippen LogP contribution in [0.1, 0.15) is 34.1 Å². The second-order valence-electron chi connectivity index (χ2n) is 7.40. The summed E-state index contributed by atoms with van der Waals surface area (Å²) in [6.07, 6.45) is 0.218. The van der Waals surface area contributed by atoms with Crippen molar-refractivity contribution in [3.63, 3.8) is 0 Å². The van der Waals surface area contributed by atoms with Crippen molar-refractivity contribution >= 4 is 21.8 Å². The largest absolute Gasteiger partial charge is 0.444 e. The van der Waals surface area contributed by atoms with E-state index in [0.717, 1.165) is 12.1 Å². The van der Waals surface area contributed by atoms with Crippen LogP contribution in [-0.4, -0.2) is 47.3 Å². The van der Waals surface area contributed by atoms with Gasteiger partial charge in [-0.3, -0.25) is 0 Å². The van der Waals surface area contributed by atoms with Crippen LogP contribution >= 0.6 is 0 Å². The first-order valence-corrected chi connectivity index (χ1v) is 10.2. The summed E-state index contributed by atoms with van der Waals surface area (Å²) in [6, 6.07) is 6.68. The van der Waals surface area contributed by atoms with Gasteiger partial charge in [-0.2, -0.15) is 0 Å². The van der Waals surface area contributed by atoms with Gasteiger partial charge in [0.05, 0.1) is 4.90 Å². The molecule has 0 bridgehead atoms. The highest BCUT2D eigenvalue weighted by Crippen LogP contribution is 2.16. The summed E-state index contributed by atoms with van der Waals surface area (Å²) in [6.45, 7) is 7.90. The average Bonchev–Trinajstić information content (AvgIpc) is 2.53. The Bertz CT molecular complexity index is 679. The molecule has 1 rings (SSSR count). The maximum absolute atomic E-state index is 12.4. The molecule has 0 aliphatic carbocycles. The minimum Gasteiger partial charge on any atom is -0.444 e. The van der Waals surface area contributed by atoms with Crippen LogP contribution in [0.15, 0.2) is 29.2 Å². The molecular weight excluding hydrogens is 354 g/mol. The molecule has 0 heterocycles. The Kier molecular flexibility index (Phi) is 7.89. The first-order chi connectivity index (χ1) is 11.9. The Balaban J connectivity index is 2.59. The third-order valence-corrected chi connectivity index (χ3v) is 5.18. The third-order valence-electron chi connectivity index (χ3n) is 3.74. The minimum atomic E-state index is -3.59. The van der Waals surface area contributed by atoms with E-state index in [9.17, 15) is 13.2 Å². The number of sulfonamides is 1. The molecule has 0 saturated heterocycles. The predicted octanol–water partition coefficient (Wildman–Crippen LogP) is 2.58. The number of ether oxygens (including phenoxy) is 1. The summed E-state index contributed by atoms with van der Waals surface area (Å²) in [5.74, 6) is -0.0293. The summed E-state index contributed by atoms with van der Waals surface area (Å²) in [4.78, 5) is 13.8. The molecule has 1 atom stereocenters. The van der Waals surface area contributed by atoms with Crippen LogP contribution in [0.25, 0.3) is 0 Å². The number of benzene rings is 1. The molecule has 0 saturated carbocycles. The summed E-state index contributed by atoms with van der Waals surface area (Å²) in [5.41, 5.74) is 0.364. The molecule has 8 heteroatoms. The van der Waals surface area contributed by atoms with Gasteiger partial charge >= 0.3 is 6.09 Å². The molecule has 2 N–H and O–H groups in total. The van der Waals surface area contributed by atoms with Gasteiger partial charge in [-0.25, -0.2) is 17.9 Å². The normalized spacial score (nSPS) is 13.2. The second-order valence-corrected chi connectivity index (χ2v) is 9.16. The highest BCUT2D eigenvalue weighted by Gasteiger charge is 2.19. The van der Waals surface area contributed by atoms with Crippen LogP contribution in [0.4, 0.5) is 10.5 Å². The fourth-order valence-corrected chi connectivity index (χ4v) is 3.25. The molecule has 0 fully saturated rings. The van der Waals surface area contributed by atoms with Gasteiger partial charge in [0.1, 0.15) is 5.60 Å². The maximum Gasteiger partial charge on any atom is 0.407 e. The molecule has 26 heavy (non-hydrogen) atoms. The van der Waals surface area contributed by atoms with E-state index in [1.165, 1.54) is 0 Å². The van der Waals surface area contributed by atoms with Crippen molar-refractivity contribution in [3.05, 3.63) is 24.3 Å². The van der Waals surface area contributed by atoms with Gasteiger partial charge in [0.15, 0.2) is 0 Å². The minimum absolute atomic E-state index is 0.0293. The van der Waals surface area contributed by atoms with Gasteiger partial charge in [0.2, 0.25) is 10.0 Å². The molecule has 1 amide bonds. The van der Waals surface area contributed by atoms with Gasteiger partial charge in [-0.1, -0.05) is 13.3 Å². The number of amides is 1.